The minimum Gasteiger partial charge on any atom is -0.486 e. The van der Waals surface area contributed by atoms with Crippen LogP contribution in [0.5, 0.6) is 5.75 Å². The molecule has 0 aliphatic heterocycles. The second kappa shape index (κ2) is 11.5. The Morgan fingerprint density at radius 3 is 2.41 bits per heavy atom. The Labute approximate surface area is 222 Å². The maximum absolute atomic E-state index is 12.6. The smallest absolute Gasteiger partial charge is 0.335 e. The van der Waals surface area contributed by atoms with Crippen molar-refractivity contribution in [2.75, 3.05) is 5.32 Å². The number of carbonyl (C=O) groups excluding carboxylic acids is 1. The predicted molar refractivity (Wildman–Crippen MR) is 138 cm³/mol. The van der Waals surface area contributed by atoms with Crippen LogP contribution in [-0.2, 0) is 11.4 Å². The molecule has 0 spiro atoms. The summed E-state index contributed by atoms with van der Waals surface area (Å²) in [6, 6.07) is 16.1. The van der Waals surface area contributed by atoms with Crippen LogP contribution in [0.25, 0.3) is 6.08 Å². The highest BCUT2D eigenvalue weighted by Crippen LogP contribution is 2.36. The van der Waals surface area contributed by atoms with Gasteiger partial charge in [0.15, 0.2) is 0 Å². The fourth-order valence-corrected chi connectivity index (χ4v) is 4.75. The molecule has 0 saturated carbocycles. The first-order valence-corrected chi connectivity index (χ1v) is 11.8. The Bertz CT molecular complexity index is 1330. The molecule has 6 nitrogen and oxygen atoms in total. The first-order chi connectivity index (χ1) is 16.2. The van der Waals surface area contributed by atoms with Gasteiger partial charge in [-0.25, -0.2) is 4.79 Å². The normalized spacial score (nSPS) is 11.0. The molecule has 1 amide bonds. The van der Waals surface area contributed by atoms with Crippen molar-refractivity contribution in [2.45, 2.75) is 6.61 Å². The van der Waals surface area contributed by atoms with E-state index in [1.807, 2.05) is 6.07 Å². The number of amides is 1. The number of ether oxygens (including phenoxy) is 1. The molecule has 0 bridgehead atoms. The van der Waals surface area contributed by atoms with Gasteiger partial charge in [-0.3, -0.25) is 4.79 Å². The fourth-order valence-electron chi connectivity index (χ4n) is 2.83. The van der Waals surface area contributed by atoms with Crippen LogP contribution in [0.4, 0.5) is 5.69 Å². The second-order valence-corrected chi connectivity index (χ2v) is 9.40. The number of hydrogen-bond donors (Lipinski definition) is 2. The average molecular weight is 625 g/mol. The number of anilines is 1. The number of carbonyl (C=O) groups is 2. The molecule has 0 atom stereocenters. The van der Waals surface area contributed by atoms with Crippen LogP contribution in [0, 0.1) is 11.3 Å². The molecule has 0 aromatic heterocycles. The monoisotopic (exact) mass is 622 g/mol. The number of halogens is 4. The van der Waals surface area contributed by atoms with Crippen molar-refractivity contribution in [1.82, 2.24) is 0 Å². The minimum absolute atomic E-state index is 0.0172. The van der Waals surface area contributed by atoms with Crippen LogP contribution < -0.4 is 10.1 Å². The van der Waals surface area contributed by atoms with Crippen molar-refractivity contribution in [2.24, 2.45) is 0 Å². The molecule has 0 aliphatic rings. The van der Waals surface area contributed by atoms with Crippen molar-refractivity contribution < 1.29 is 19.4 Å². The molecule has 0 saturated heterocycles. The van der Waals surface area contributed by atoms with Crippen molar-refractivity contribution >= 4 is 78.7 Å². The van der Waals surface area contributed by atoms with Crippen LogP contribution in [0.1, 0.15) is 21.5 Å². The average Bonchev–Trinajstić information content (AvgIpc) is 2.78. The molecular weight excluding hydrogens is 611 g/mol. The van der Waals surface area contributed by atoms with Gasteiger partial charge in [0.2, 0.25) is 0 Å². The van der Waals surface area contributed by atoms with Crippen LogP contribution >= 0.6 is 55.1 Å². The third-order valence-electron chi connectivity index (χ3n) is 4.45. The Morgan fingerprint density at radius 2 is 1.79 bits per heavy atom. The minimum atomic E-state index is -1.12. The summed E-state index contributed by atoms with van der Waals surface area (Å²) in [6.45, 7) is 0.198. The molecule has 10 heteroatoms. The lowest BCUT2D eigenvalue weighted by atomic mass is 10.1. The van der Waals surface area contributed by atoms with E-state index in [9.17, 15) is 14.9 Å². The number of nitrogens with one attached hydrogen (secondary N) is 1. The summed E-state index contributed by atoms with van der Waals surface area (Å²) in [4.78, 5) is 23.7. The first kappa shape index (κ1) is 25.8. The van der Waals surface area contributed by atoms with Crippen molar-refractivity contribution in [3.05, 3.63) is 95.9 Å². The van der Waals surface area contributed by atoms with E-state index in [4.69, 9.17) is 33.0 Å². The summed E-state index contributed by atoms with van der Waals surface area (Å²) in [5.41, 5.74) is 1.42. The Kier molecular flexibility index (Phi) is 8.75. The van der Waals surface area contributed by atoms with E-state index in [1.54, 1.807) is 30.3 Å². The highest BCUT2D eigenvalue weighted by atomic mass is 79.9. The lowest BCUT2D eigenvalue weighted by Gasteiger charge is -2.13. The number of nitriles is 1. The summed E-state index contributed by atoms with van der Waals surface area (Å²) < 4.78 is 7.06. The van der Waals surface area contributed by atoms with E-state index in [1.165, 1.54) is 30.3 Å². The summed E-state index contributed by atoms with van der Waals surface area (Å²) in [5.74, 6) is -1.28. The van der Waals surface area contributed by atoms with Crippen molar-refractivity contribution in [3.63, 3.8) is 0 Å². The van der Waals surface area contributed by atoms with Gasteiger partial charge < -0.3 is 15.2 Å². The van der Waals surface area contributed by atoms with Crippen LogP contribution in [0.2, 0.25) is 10.0 Å². The van der Waals surface area contributed by atoms with E-state index in [0.717, 1.165) is 5.56 Å². The molecule has 0 heterocycles. The van der Waals surface area contributed by atoms with Gasteiger partial charge in [0.25, 0.3) is 5.91 Å². The zero-order valence-electron chi connectivity index (χ0n) is 17.1. The molecule has 0 radical (unpaired) electrons. The van der Waals surface area contributed by atoms with Gasteiger partial charge in [-0.15, -0.1) is 0 Å². The summed E-state index contributed by atoms with van der Waals surface area (Å²) in [5, 5.41) is 22.1. The number of rotatable bonds is 7. The van der Waals surface area contributed by atoms with Gasteiger partial charge in [0.05, 0.1) is 14.5 Å². The van der Waals surface area contributed by atoms with E-state index in [0.29, 0.717) is 30.3 Å². The third kappa shape index (κ3) is 6.61. The predicted octanol–water partition coefficient (Wildman–Crippen LogP) is 7.34. The van der Waals surface area contributed by atoms with Crippen LogP contribution in [0.3, 0.4) is 0 Å². The third-order valence-corrected chi connectivity index (χ3v) is 6.22. The highest BCUT2D eigenvalue weighted by molar-refractivity contribution is 9.11. The zero-order valence-corrected chi connectivity index (χ0v) is 21.8. The molecule has 0 unspecified atom stereocenters. The highest BCUT2D eigenvalue weighted by Gasteiger charge is 2.14. The number of nitrogens with zero attached hydrogens (tertiary/aromatic N) is 1. The number of carboxylic acids is 1. The van der Waals surface area contributed by atoms with Crippen molar-refractivity contribution in [3.8, 4) is 11.8 Å². The zero-order chi connectivity index (χ0) is 24.8. The fraction of sp³-hybridized carbons (Fsp3) is 0.0417. The van der Waals surface area contributed by atoms with Gasteiger partial charge in [0, 0.05) is 21.3 Å². The van der Waals surface area contributed by atoms with Crippen LogP contribution in [0.15, 0.2) is 69.1 Å². The molecule has 3 aromatic rings. The standard InChI is InChI=1S/C24H14Br2Cl2N2O4/c25-19-7-13(8-20(26)22(19)34-12-15-4-5-17(27)10-21(15)28)6-16(11-29)23(31)30-18-3-1-2-14(9-18)24(32)33/h1-10H,12H2,(H,30,31)(H,32,33)/b16-6-. The van der Waals surface area contributed by atoms with Gasteiger partial charge in [0.1, 0.15) is 24.0 Å². The van der Waals surface area contributed by atoms with E-state index >= 15 is 0 Å². The molecular formula is C24H14Br2Cl2N2O4. The SMILES string of the molecule is N#C/C(=C/c1cc(Br)c(OCc2ccc(Cl)cc2Cl)c(Br)c1)C(=O)Nc1cccc(C(=O)O)c1. The molecule has 3 rings (SSSR count). The number of carboxylic acid groups (broad SMARTS) is 1. The number of hydrogen-bond acceptors (Lipinski definition) is 4. The van der Waals surface area contributed by atoms with Gasteiger partial charge in [-0.05, 0) is 86.0 Å². The van der Waals surface area contributed by atoms with Crippen LogP contribution in [-0.4, -0.2) is 17.0 Å². The van der Waals surface area contributed by atoms with Gasteiger partial charge in [-0.2, -0.15) is 5.26 Å². The molecule has 3 aromatic carbocycles. The second-order valence-electron chi connectivity index (χ2n) is 6.85. The molecule has 172 valence electrons. The Balaban J connectivity index is 1.78. The molecule has 0 fully saturated rings. The summed E-state index contributed by atoms with van der Waals surface area (Å²) in [6.07, 6.45) is 1.41. The molecule has 2 N–H and O–H groups in total. The number of aromatic carboxylic acids is 1. The van der Waals surface area contributed by atoms with E-state index < -0.39 is 11.9 Å². The molecule has 34 heavy (non-hydrogen) atoms. The largest absolute Gasteiger partial charge is 0.486 e. The summed E-state index contributed by atoms with van der Waals surface area (Å²) >= 11 is 19.0. The maximum Gasteiger partial charge on any atom is 0.335 e. The Hall–Kier alpha value is -2.83. The maximum atomic E-state index is 12.6. The topological polar surface area (TPSA) is 99.4 Å². The van der Waals surface area contributed by atoms with Crippen molar-refractivity contribution in [1.29, 1.82) is 5.26 Å². The molecule has 0 aliphatic carbocycles. The van der Waals surface area contributed by atoms with Gasteiger partial charge in [-0.1, -0.05) is 35.3 Å². The number of benzene rings is 3. The van der Waals surface area contributed by atoms with E-state index in [-0.39, 0.29) is 23.4 Å². The van der Waals surface area contributed by atoms with Gasteiger partial charge >= 0.3 is 5.97 Å². The summed E-state index contributed by atoms with van der Waals surface area (Å²) in [7, 11) is 0. The Morgan fingerprint density at radius 1 is 1.09 bits per heavy atom. The lowest BCUT2D eigenvalue weighted by Crippen LogP contribution is -2.14. The first-order valence-electron chi connectivity index (χ1n) is 9.50. The van der Waals surface area contributed by atoms with E-state index in [2.05, 4.69) is 37.2 Å². The lowest BCUT2D eigenvalue weighted by molar-refractivity contribution is -0.112. The quantitative estimate of drug-likeness (QED) is 0.212.